The number of aromatic nitrogens is 3. The second-order valence-corrected chi connectivity index (χ2v) is 5.82. The first-order valence-corrected chi connectivity index (χ1v) is 7.49. The topological polar surface area (TPSA) is 42.7 Å². The minimum atomic E-state index is 0.670. The van der Waals surface area contributed by atoms with E-state index in [9.17, 15) is 0 Å². The summed E-state index contributed by atoms with van der Waals surface area (Å²) in [5.41, 5.74) is 0. The lowest BCUT2D eigenvalue weighted by Gasteiger charge is -2.10. The van der Waals surface area contributed by atoms with Crippen molar-refractivity contribution < 1.29 is 0 Å². The van der Waals surface area contributed by atoms with E-state index in [-0.39, 0.29) is 0 Å². The van der Waals surface area contributed by atoms with Gasteiger partial charge in [-0.2, -0.15) is 0 Å². The first-order valence-electron chi connectivity index (χ1n) is 6.50. The van der Waals surface area contributed by atoms with Crippen LogP contribution in [0.25, 0.3) is 0 Å². The summed E-state index contributed by atoms with van der Waals surface area (Å²) in [5, 5.41) is 13.0. The fourth-order valence-corrected chi connectivity index (χ4v) is 3.19. The second kappa shape index (κ2) is 6.40. The molecule has 2 rings (SSSR count). The monoisotopic (exact) mass is 254 g/mol. The van der Waals surface area contributed by atoms with Crippen LogP contribution in [0.15, 0.2) is 5.16 Å². The number of rotatable bonds is 5. The SMILES string of the molecule is CNCC(C)CSc1nnc2n1CCCCC2. The molecule has 0 fully saturated rings. The van der Waals surface area contributed by atoms with E-state index < -0.39 is 0 Å². The highest BCUT2D eigenvalue weighted by Crippen LogP contribution is 2.23. The molecule has 5 heteroatoms. The summed E-state index contributed by atoms with van der Waals surface area (Å²) in [5.74, 6) is 2.97. The number of aryl methyl sites for hydroxylation is 1. The highest BCUT2D eigenvalue weighted by molar-refractivity contribution is 7.99. The fraction of sp³-hybridized carbons (Fsp3) is 0.833. The number of nitrogens with one attached hydrogen (secondary N) is 1. The van der Waals surface area contributed by atoms with E-state index in [0.29, 0.717) is 5.92 Å². The Morgan fingerprint density at radius 2 is 2.24 bits per heavy atom. The van der Waals surface area contributed by atoms with Gasteiger partial charge in [-0.3, -0.25) is 0 Å². The maximum Gasteiger partial charge on any atom is 0.191 e. The van der Waals surface area contributed by atoms with Gasteiger partial charge in [-0.1, -0.05) is 25.1 Å². The van der Waals surface area contributed by atoms with Crippen LogP contribution in [0.2, 0.25) is 0 Å². The smallest absolute Gasteiger partial charge is 0.191 e. The van der Waals surface area contributed by atoms with Gasteiger partial charge in [0.25, 0.3) is 0 Å². The predicted molar refractivity (Wildman–Crippen MR) is 71.4 cm³/mol. The van der Waals surface area contributed by atoms with Crippen LogP contribution in [0.4, 0.5) is 0 Å². The second-order valence-electron chi connectivity index (χ2n) is 4.83. The summed E-state index contributed by atoms with van der Waals surface area (Å²) in [6, 6.07) is 0. The Morgan fingerprint density at radius 3 is 3.06 bits per heavy atom. The van der Waals surface area contributed by atoms with Gasteiger partial charge < -0.3 is 9.88 Å². The molecule has 96 valence electrons. The van der Waals surface area contributed by atoms with Crippen molar-refractivity contribution in [1.82, 2.24) is 20.1 Å². The third kappa shape index (κ3) is 3.45. The van der Waals surface area contributed by atoms with Crippen molar-refractivity contribution in [1.29, 1.82) is 0 Å². The molecule has 1 aliphatic heterocycles. The third-order valence-corrected chi connectivity index (χ3v) is 4.42. The number of hydrogen-bond acceptors (Lipinski definition) is 4. The molecule has 1 aromatic rings. The van der Waals surface area contributed by atoms with Gasteiger partial charge in [-0.15, -0.1) is 10.2 Å². The molecule has 0 spiro atoms. The Bertz CT molecular complexity index is 350. The molecule has 4 nitrogen and oxygen atoms in total. The Morgan fingerprint density at radius 1 is 1.35 bits per heavy atom. The van der Waals surface area contributed by atoms with E-state index in [4.69, 9.17) is 0 Å². The van der Waals surface area contributed by atoms with Crippen LogP contribution in [-0.2, 0) is 13.0 Å². The molecule has 1 N–H and O–H groups in total. The largest absolute Gasteiger partial charge is 0.319 e. The lowest BCUT2D eigenvalue weighted by Crippen LogP contribution is -2.18. The highest BCUT2D eigenvalue weighted by Gasteiger charge is 2.15. The van der Waals surface area contributed by atoms with Gasteiger partial charge in [0.1, 0.15) is 5.82 Å². The van der Waals surface area contributed by atoms with Crippen molar-refractivity contribution in [2.24, 2.45) is 5.92 Å². The van der Waals surface area contributed by atoms with Gasteiger partial charge in [0.15, 0.2) is 5.16 Å². The minimum Gasteiger partial charge on any atom is -0.319 e. The first-order chi connectivity index (χ1) is 8.31. The average molecular weight is 254 g/mol. The summed E-state index contributed by atoms with van der Waals surface area (Å²) < 4.78 is 2.32. The zero-order chi connectivity index (χ0) is 12.1. The molecule has 0 aromatic carbocycles. The zero-order valence-electron chi connectivity index (χ0n) is 10.8. The van der Waals surface area contributed by atoms with Crippen molar-refractivity contribution >= 4 is 11.8 Å². The molecular weight excluding hydrogens is 232 g/mol. The van der Waals surface area contributed by atoms with E-state index >= 15 is 0 Å². The zero-order valence-corrected chi connectivity index (χ0v) is 11.6. The lowest BCUT2D eigenvalue weighted by atomic mass is 10.2. The van der Waals surface area contributed by atoms with Gasteiger partial charge in [-0.25, -0.2) is 0 Å². The van der Waals surface area contributed by atoms with E-state index in [1.54, 1.807) is 0 Å². The van der Waals surface area contributed by atoms with Crippen LogP contribution in [0, 0.1) is 5.92 Å². The van der Waals surface area contributed by atoms with Crippen LogP contribution in [-0.4, -0.2) is 34.1 Å². The number of hydrogen-bond donors (Lipinski definition) is 1. The maximum absolute atomic E-state index is 4.33. The van der Waals surface area contributed by atoms with Gasteiger partial charge in [0.05, 0.1) is 0 Å². The first kappa shape index (κ1) is 12.9. The van der Waals surface area contributed by atoms with Crippen LogP contribution in [0.1, 0.15) is 32.0 Å². The van der Waals surface area contributed by atoms with E-state index in [2.05, 4.69) is 27.0 Å². The molecule has 1 aliphatic rings. The Kier molecular flexibility index (Phi) is 4.86. The fourth-order valence-electron chi connectivity index (χ4n) is 2.19. The molecule has 0 bridgehead atoms. The standard InChI is InChI=1S/C12H22N4S/c1-10(8-13-2)9-17-12-15-14-11-6-4-3-5-7-16(11)12/h10,13H,3-9H2,1-2H3. The Balaban J connectivity index is 1.94. The number of nitrogens with zero attached hydrogens (tertiary/aromatic N) is 3. The number of thioether (sulfide) groups is 1. The molecule has 1 unspecified atom stereocenters. The summed E-state index contributed by atoms with van der Waals surface area (Å²) in [6.45, 7) is 4.43. The molecule has 0 saturated heterocycles. The molecule has 17 heavy (non-hydrogen) atoms. The molecule has 0 amide bonds. The van der Waals surface area contributed by atoms with Gasteiger partial charge in [-0.05, 0) is 32.4 Å². The van der Waals surface area contributed by atoms with Crippen LogP contribution in [0.3, 0.4) is 0 Å². The Labute approximate surface area is 108 Å². The summed E-state index contributed by atoms with van der Waals surface area (Å²) in [7, 11) is 2.00. The van der Waals surface area contributed by atoms with E-state index in [1.807, 2.05) is 18.8 Å². The summed E-state index contributed by atoms with van der Waals surface area (Å²) in [6.07, 6.45) is 4.95. The van der Waals surface area contributed by atoms with Crippen LogP contribution >= 0.6 is 11.8 Å². The predicted octanol–water partition coefficient (Wildman–Crippen LogP) is 1.95. The van der Waals surface area contributed by atoms with Gasteiger partial charge in [0, 0.05) is 18.7 Å². The molecule has 2 heterocycles. The third-order valence-electron chi connectivity index (χ3n) is 3.13. The molecule has 0 radical (unpaired) electrons. The molecule has 1 atom stereocenters. The van der Waals surface area contributed by atoms with Gasteiger partial charge in [0.2, 0.25) is 0 Å². The van der Waals surface area contributed by atoms with Crippen molar-refractivity contribution in [2.75, 3.05) is 19.3 Å². The maximum atomic E-state index is 4.33. The average Bonchev–Trinajstić information content (AvgIpc) is 2.56. The van der Waals surface area contributed by atoms with E-state index in [1.165, 1.54) is 25.1 Å². The molecule has 0 aliphatic carbocycles. The molecule has 0 saturated carbocycles. The van der Waals surface area contributed by atoms with Crippen LogP contribution < -0.4 is 5.32 Å². The van der Waals surface area contributed by atoms with Crippen molar-refractivity contribution in [2.45, 2.75) is 44.3 Å². The van der Waals surface area contributed by atoms with Crippen molar-refractivity contribution in [3.63, 3.8) is 0 Å². The molecular formula is C12H22N4S. The quantitative estimate of drug-likeness (QED) is 0.816. The minimum absolute atomic E-state index is 0.670. The van der Waals surface area contributed by atoms with Crippen LogP contribution in [0.5, 0.6) is 0 Å². The Hall–Kier alpha value is -0.550. The normalized spacial score (nSPS) is 17.5. The number of fused-ring (bicyclic) bond motifs is 1. The summed E-state index contributed by atoms with van der Waals surface area (Å²) in [4.78, 5) is 0. The van der Waals surface area contributed by atoms with E-state index in [0.717, 1.165) is 30.4 Å². The van der Waals surface area contributed by atoms with Crippen molar-refractivity contribution in [3.05, 3.63) is 5.82 Å². The summed E-state index contributed by atoms with van der Waals surface area (Å²) >= 11 is 1.85. The highest BCUT2D eigenvalue weighted by atomic mass is 32.2. The lowest BCUT2D eigenvalue weighted by molar-refractivity contribution is 0.584. The van der Waals surface area contributed by atoms with Gasteiger partial charge >= 0.3 is 0 Å². The van der Waals surface area contributed by atoms with Crippen molar-refractivity contribution in [3.8, 4) is 0 Å². The molecule has 1 aromatic heterocycles.